The fourth-order valence-corrected chi connectivity index (χ4v) is 4.84. The van der Waals surface area contributed by atoms with Crippen LogP contribution in [0, 0.1) is 0 Å². The van der Waals surface area contributed by atoms with E-state index in [1.54, 1.807) is 0 Å². The molecule has 0 atom stereocenters. The van der Waals surface area contributed by atoms with E-state index in [0.717, 1.165) is 39.1 Å². The second-order valence-electron chi connectivity index (χ2n) is 9.45. The maximum Gasteiger partial charge on any atom is 0.162 e. The lowest BCUT2D eigenvalue weighted by Crippen LogP contribution is -2.06. The second kappa shape index (κ2) is 15.9. The van der Waals surface area contributed by atoms with Crippen molar-refractivity contribution in [2.75, 3.05) is 11.9 Å². The molecule has 1 aromatic heterocycles. The summed E-state index contributed by atoms with van der Waals surface area (Å²) in [6.45, 7) is 3.24. The van der Waals surface area contributed by atoms with E-state index in [1.165, 1.54) is 89.9 Å². The third-order valence-electron chi connectivity index (χ3n) is 6.51. The van der Waals surface area contributed by atoms with Gasteiger partial charge in [0, 0.05) is 22.0 Å². The Balaban J connectivity index is 1.34. The average molecular weight is 525 g/mol. The lowest BCUT2D eigenvalue weighted by molar-refractivity contribution is 0.537. The van der Waals surface area contributed by atoms with Gasteiger partial charge >= 0.3 is 0 Å². The molecule has 184 valence electrons. The third kappa shape index (κ3) is 9.37. The number of nitrogens with one attached hydrogen (secondary N) is 1. The van der Waals surface area contributed by atoms with E-state index in [-0.39, 0.29) is 0 Å². The maximum atomic E-state index is 4.87. The number of hydrogen-bond donors (Lipinski definition) is 1. The molecule has 3 rings (SSSR count). The summed E-state index contributed by atoms with van der Waals surface area (Å²) in [7, 11) is 0. The van der Waals surface area contributed by atoms with E-state index in [4.69, 9.17) is 9.97 Å². The van der Waals surface area contributed by atoms with Crippen molar-refractivity contribution in [2.24, 2.45) is 0 Å². The van der Waals surface area contributed by atoms with Gasteiger partial charge in [-0.15, -0.1) is 0 Å². The highest BCUT2D eigenvalue weighted by molar-refractivity contribution is 9.10. The SMILES string of the molecule is CCCCCCCCCCCCCCCCNc1nc(-c2ccccc2)nc2ccc(Br)cc12. The van der Waals surface area contributed by atoms with E-state index in [1.807, 2.05) is 24.3 Å². The van der Waals surface area contributed by atoms with Crippen LogP contribution in [-0.4, -0.2) is 16.5 Å². The molecule has 0 fully saturated rings. The van der Waals surface area contributed by atoms with Crippen LogP contribution in [-0.2, 0) is 0 Å². The first-order chi connectivity index (χ1) is 16.8. The van der Waals surface area contributed by atoms with Crippen molar-refractivity contribution in [2.45, 2.75) is 96.8 Å². The molecule has 0 saturated heterocycles. The molecule has 2 aromatic carbocycles. The number of anilines is 1. The smallest absolute Gasteiger partial charge is 0.162 e. The zero-order chi connectivity index (χ0) is 23.8. The molecule has 34 heavy (non-hydrogen) atoms. The molecule has 0 saturated carbocycles. The Bertz CT molecular complexity index is 958. The average Bonchev–Trinajstić information content (AvgIpc) is 2.87. The molecule has 0 unspecified atom stereocenters. The number of fused-ring (bicyclic) bond motifs is 1. The van der Waals surface area contributed by atoms with E-state index in [0.29, 0.717) is 0 Å². The van der Waals surface area contributed by atoms with Gasteiger partial charge in [0.05, 0.1) is 5.52 Å². The summed E-state index contributed by atoms with van der Waals surface area (Å²) in [4.78, 5) is 9.67. The molecule has 0 aliphatic rings. The van der Waals surface area contributed by atoms with Crippen molar-refractivity contribution in [3.63, 3.8) is 0 Å². The Hall–Kier alpha value is -1.94. The first-order valence-electron chi connectivity index (χ1n) is 13.5. The highest BCUT2D eigenvalue weighted by atomic mass is 79.9. The Morgan fingerprint density at radius 1 is 0.676 bits per heavy atom. The predicted molar refractivity (Wildman–Crippen MR) is 151 cm³/mol. The van der Waals surface area contributed by atoms with Crippen LogP contribution in [0.1, 0.15) is 96.8 Å². The molecule has 0 bridgehead atoms. The fraction of sp³-hybridized carbons (Fsp3) is 0.533. The molecule has 0 spiro atoms. The summed E-state index contributed by atoms with van der Waals surface area (Å²) in [5.74, 6) is 1.71. The Labute approximate surface area is 215 Å². The Morgan fingerprint density at radius 2 is 1.26 bits per heavy atom. The number of hydrogen-bond acceptors (Lipinski definition) is 3. The van der Waals surface area contributed by atoms with Crippen molar-refractivity contribution in [3.05, 3.63) is 53.0 Å². The van der Waals surface area contributed by atoms with Gasteiger partial charge in [0.15, 0.2) is 5.82 Å². The van der Waals surface area contributed by atoms with Crippen molar-refractivity contribution >= 4 is 32.7 Å². The number of halogens is 1. The van der Waals surface area contributed by atoms with Gasteiger partial charge < -0.3 is 5.32 Å². The van der Waals surface area contributed by atoms with Gasteiger partial charge in [-0.3, -0.25) is 0 Å². The fourth-order valence-electron chi connectivity index (χ4n) is 4.48. The Morgan fingerprint density at radius 3 is 1.88 bits per heavy atom. The topological polar surface area (TPSA) is 37.8 Å². The molecule has 1 N–H and O–H groups in total. The lowest BCUT2D eigenvalue weighted by Gasteiger charge is -2.11. The van der Waals surface area contributed by atoms with Crippen LogP contribution in [0.3, 0.4) is 0 Å². The molecular formula is C30H42BrN3. The number of nitrogens with zero attached hydrogens (tertiary/aromatic N) is 2. The van der Waals surface area contributed by atoms with Gasteiger partial charge in [-0.05, 0) is 24.6 Å². The van der Waals surface area contributed by atoms with Crippen LogP contribution in [0.2, 0.25) is 0 Å². The molecule has 3 aromatic rings. The molecule has 3 nitrogen and oxygen atoms in total. The Kier molecular flexibility index (Phi) is 12.4. The molecule has 0 amide bonds. The molecule has 0 aliphatic heterocycles. The van der Waals surface area contributed by atoms with Gasteiger partial charge in [-0.2, -0.15) is 0 Å². The number of rotatable bonds is 17. The van der Waals surface area contributed by atoms with Gasteiger partial charge in [-0.25, -0.2) is 9.97 Å². The number of unbranched alkanes of at least 4 members (excludes halogenated alkanes) is 13. The number of benzene rings is 2. The molecule has 0 aliphatic carbocycles. The zero-order valence-electron chi connectivity index (χ0n) is 21.0. The maximum absolute atomic E-state index is 4.87. The van der Waals surface area contributed by atoms with Crippen LogP contribution in [0.15, 0.2) is 53.0 Å². The summed E-state index contributed by atoms with van der Waals surface area (Å²) in [5.41, 5.74) is 2.02. The van der Waals surface area contributed by atoms with Crippen molar-refractivity contribution in [1.82, 2.24) is 9.97 Å². The second-order valence-corrected chi connectivity index (χ2v) is 10.4. The summed E-state index contributed by atoms with van der Waals surface area (Å²) >= 11 is 3.60. The monoisotopic (exact) mass is 523 g/mol. The third-order valence-corrected chi connectivity index (χ3v) is 7.01. The summed E-state index contributed by atoms with van der Waals surface area (Å²) < 4.78 is 1.05. The van der Waals surface area contributed by atoms with Crippen LogP contribution >= 0.6 is 15.9 Å². The summed E-state index contributed by atoms with van der Waals surface area (Å²) in [6.07, 6.45) is 19.4. The largest absolute Gasteiger partial charge is 0.369 e. The minimum atomic E-state index is 0.777. The molecule has 0 radical (unpaired) electrons. The van der Waals surface area contributed by atoms with Crippen molar-refractivity contribution in [1.29, 1.82) is 0 Å². The minimum Gasteiger partial charge on any atom is -0.369 e. The van der Waals surface area contributed by atoms with Gasteiger partial charge in [0.1, 0.15) is 5.82 Å². The molecule has 1 heterocycles. The molecular weight excluding hydrogens is 482 g/mol. The van der Waals surface area contributed by atoms with Gasteiger partial charge in [0.25, 0.3) is 0 Å². The van der Waals surface area contributed by atoms with E-state index in [9.17, 15) is 0 Å². The zero-order valence-corrected chi connectivity index (χ0v) is 22.6. The quantitative estimate of drug-likeness (QED) is 0.179. The van der Waals surface area contributed by atoms with Crippen LogP contribution in [0.25, 0.3) is 22.3 Å². The normalized spacial score (nSPS) is 11.2. The van der Waals surface area contributed by atoms with Crippen molar-refractivity contribution in [3.8, 4) is 11.4 Å². The van der Waals surface area contributed by atoms with Crippen LogP contribution < -0.4 is 5.32 Å². The minimum absolute atomic E-state index is 0.777. The van der Waals surface area contributed by atoms with E-state index in [2.05, 4.69) is 52.4 Å². The predicted octanol–water partition coefficient (Wildman–Crippen LogP) is 9.95. The number of aromatic nitrogens is 2. The molecule has 4 heteroatoms. The van der Waals surface area contributed by atoms with Crippen LogP contribution in [0.4, 0.5) is 5.82 Å². The van der Waals surface area contributed by atoms with Gasteiger partial charge in [-0.1, -0.05) is 137 Å². The van der Waals surface area contributed by atoms with Crippen LogP contribution in [0.5, 0.6) is 0 Å². The lowest BCUT2D eigenvalue weighted by atomic mass is 10.0. The van der Waals surface area contributed by atoms with E-state index < -0.39 is 0 Å². The highest BCUT2D eigenvalue weighted by Crippen LogP contribution is 2.27. The standard InChI is InChI=1S/C30H42BrN3/c1-2-3-4-5-6-7-8-9-10-11-12-13-14-18-23-32-30-27-24-26(31)21-22-28(27)33-29(34-30)25-19-16-15-17-20-25/h15-17,19-22,24H,2-14,18,23H2,1H3,(H,32,33,34). The first-order valence-corrected chi connectivity index (χ1v) is 14.3. The van der Waals surface area contributed by atoms with Crippen molar-refractivity contribution < 1.29 is 0 Å². The van der Waals surface area contributed by atoms with E-state index >= 15 is 0 Å². The summed E-state index contributed by atoms with van der Waals surface area (Å²) in [5, 5.41) is 4.67. The van der Waals surface area contributed by atoms with Gasteiger partial charge in [0.2, 0.25) is 0 Å². The first kappa shape index (κ1) is 26.7. The highest BCUT2D eigenvalue weighted by Gasteiger charge is 2.09. The summed E-state index contributed by atoms with van der Waals surface area (Å²) in [6, 6.07) is 16.4.